The summed E-state index contributed by atoms with van der Waals surface area (Å²) in [6.45, 7) is 2.03. The molecule has 0 unspecified atom stereocenters. The maximum absolute atomic E-state index is 5.65. The van der Waals surface area contributed by atoms with Gasteiger partial charge in [-0.3, -0.25) is 0 Å². The molecule has 5 aromatic carbocycles. The Labute approximate surface area is 219 Å². The Balaban J connectivity index is 1.54. The van der Waals surface area contributed by atoms with Gasteiger partial charge in [0.25, 0.3) is 0 Å². The van der Waals surface area contributed by atoms with Crippen molar-refractivity contribution in [1.82, 2.24) is 0 Å². The van der Waals surface area contributed by atoms with Crippen LogP contribution in [-0.2, 0) is 0 Å². The van der Waals surface area contributed by atoms with E-state index in [1.807, 2.05) is 25.1 Å². The molecule has 0 bridgehead atoms. The molecule has 0 aliphatic rings. The largest absolute Gasteiger partial charge is 0.405 e. The number of benzene rings is 5. The highest BCUT2D eigenvalue weighted by Gasteiger charge is 2.13. The first-order valence-electron chi connectivity index (χ1n) is 12.5. The fraction of sp³-hybridized carbons (Fsp3) is 0.0286. The monoisotopic (exact) mass is 478 g/mol. The van der Waals surface area contributed by atoms with Gasteiger partial charge in [-0.15, -0.1) is 0 Å². The molecule has 37 heavy (non-hydrogen) atoms. The van der Waals surface area contributed by atoms with Crippen LogP contribution >= 0.6 is 0 Å². The fourth-order valence-corrected chi connectivity index (χ4v) is 4.58. The number of allylic oxidation sites excluding steroid dienone is 3. The lowest BCUT2D eigenvalue weighted by molar-refractivity contribution is 1.28. The summed E-state index contributed by atoms with van der Waals surface area (Å²) in [5.41, 5.74) is 16.0. The predicted octanol–water partition coefficient (Wildman–Crippen LogP) is 9.37. The molecule has 0 spiro atoms. The lowest BCUT2D eigenvalue weighted by Gasteiger charge is -2.26. The summed E-state index contributed by atoms with van der Waals surface area (Å²) >= 11 is 0. The molecule has 5 rings (SSSR count). The van der Waals surface area contributed by atoms with Gasteiger partial charge in [0.15, 0.2) is 0 Å². The van der Waals surface area contributed by atoms with Crippen molar-refractivity contribution >= 4 is 22.6 Å². The van der Waals surface area contributed by atoms with E-state index in [1.165, 1.54) is 22.3 Å². The molecule has 2 nitrogen and oxygen atoms in total. The number of nitrogens with two attached hydrogens (primary N) is 1. The Morgan fingerprint density at radius 2 is 0.892 bits per heavy atom. The zero-order chi connectivity index (χ0) is 25.5. The van der Waals surface area contributed by atoms with Gasteiger partial charge in [-0.1, -0.05) is 103 Å². The van der Waals surface area contributed by atoms with Crippen LogP contribution in [0.1, 0.15) is 12.5 Å². The molecule has 0 saturated carbocycles. The van der Waals surface area contributed by atoms with Gasteiger partial charge in [0.05, 0.1) is 0 Å². The van der Waals surface area contributed by atoms with Crippen molar-refractivity contribution in [2.24, 2.45) is 5.73 Å². The van der Waals surface area contributed by atoms with Crippen LogP contribution < -0.4 is 10.6 Å². The summed E-state index contributed by atoms with van der Waals surface area (Å²) in [6, 6.07) is 47.1. The van der Waals surface area contributed by atoms with E-state index in [4.69, 9.17) is 5.73 Å². The van der Waals surface area contributed by atoms with Crippen molar-refractivity contribution in [2.45, 2.75) is 6.92 Å². The lowest BCUT2D eigenvalue weighted by Crippen LogP contribution is -2.09. The Morgan fingerprint density at radius 3 is 1.27 bits per heavy atom. The first-order chi connectivity index (χ1) is 18.3. The summed E-state index contributed by atoms with van der Waals surface area (Å²) in [4.78, 5) is 2.29. The van der Waals surface area contributed by atoms with Crippen molar-refractivity contribution in [1.29, 1.82) is 0 Å². The number of anilines is 3. The second-order valence-corrected chi connectivity index (χ2v) is 8.81. The minimum absolute atomic E-state index is 1.09. The first kappa shape index (κ1) is 23.9. The normalized spacial score (nSPS) is 11.5. The molecule has 2 heteroatoms. The smallest absolute Gasteiger partial charge is 0.0462 e. The van der Waals surface area contributed by atoms with E-state index in [-0.39, 0.29) is 0 Å². The van der Waals surface area contributed by atoms with Crippen LogP contribution in [0.2, 0.25) is 0 Å². The average molecular weight is 479 g/mol. The molecular weight excluding hydrogens is 448 g/mol. The molecule has 180 valence electrons. The maximum Gasteiger partial charge on any atom is 0.0462 e. The average Bonchev–Trinajstić information content (AvgIpc) is 2.98. The molecule has 2 N–H and O–H groups in total. The molecule has 0 amide bonds. The van der Waals surface area contributed by atoms with Gasteiger partial charge < -0.3 is 10.6 Å². The third-order valence-corrected chi connectivity index (χ3v) is 6.51. The number of hydrogen-bond donors (Lipinski definition) is 1. The molecule has 5 aromatic rings. The predicted molar refractivity (Wildman–Crippen MR) is 159 cm³/mol. The standard InChI is InChI=1S/C35H30N2/c1-2-27(25-26-36)30-13-19-33(20-14-30)37(34-21-15-31(16-22-34)28-9-5-3-6-10-28)35-23-17-32(18-24-35)29-11-7-4-8-12-29/h2-26H,36H2,1H3/b26-25-,27-2+. The van der Waals surface area contributed by atoms with E-state index in [0.717, 1.165) is 28.2 Å². The van der Waals surface area contributed by atoms with E-state index in [2.05, 4.69) is 132 Å². The number of rotatable bonds is 7. The minimum Gasteiger partial charge on any atom is -0.405 e. The zero-order valence-electron chi connectivity index (χ0n) is 21.0. The third kappa shape index (κ3) is 5.39. The summed E-state index contributed by atoms with van der Waals surface area (Å²) in [5.74, 6) is 0. The Morgan fingerprint density at radius 1 is 0.514 bits per heavy atom. The number of nitrogens with zero attached hydrogens (tertiary/aromatic N) is 1. The SMILES string of the molecule is C/C=C(\C=C/N)c1ccc(N(c2ccc(-c3ccccc3)cc2)c2ccc(-c3ccccc3)cc2)cc1. The van der Waals surface area contributed by atoms with Crippen LogP contribution in [0.15, 0.2) is 152 Å². The Bertz CT molecular complexity index is 1400. The van der Waals surface area contributed by atoms with Gasteiger partial charge in [-0.25, -0.2) is 0 Å². The van der Waals surface area contributed by atoms with Crippen molar-refractivity contribution in [3.05, 3.63) is 157 Å². The Kier molecular flexibility index (Phi) is 7.29. The highest BCUT2D eigenvalue weighted by atomic mass is 15.1. The molecular formula is C35H30N2. The van der Waals surface area contributed by atoms with Crippen molar-refractivity contribution in [2.75, 3.05) is 4.90 Å². The van der Waals surface area contributed by atoms with E-state index >= 15 is 0 Å². The fourth-order valence-electron chi connectivity index (χ4n) is 4.58. The van der Waals surface area contributed by atoms with Crippen molar-refractivity contribution in [3.8, 4) is 22.3 Å². The van der Waals surface area contributed by atoms with Gasteiger partial charge in [-0.2, -0.15) is 0 Å². The second kappa shape index (κ2) is 11.3. The van der Waals surface area contributed by atoms with E-state index < -0.39 is 0 Å². The van der Waals surface area contributed by atoms with E-state index in [0.29, 0.717) is 0 Å². The van der Waals surface area contributed by atoms with E-state index in [9.17, 15) is 0 Å². The summed E-state index contributed by atoms with van der Waals surface area (Å²) in [6.07, 6.45) is 5.58. The Hall–Kier alpha value is -4.82. The highest BCUT2D eigenvalue weighted by Crippen LogP contribution is 2.37. The molecule has 0 atom stereocenters. The van der Waals surface area contributed by atoms with Crippen LogP contribution in [0, 0.1) is 0 Å². The number of hydrogen-bond acceptors (Lipinski definition) is 2. The molecule has 0 saturated heterocycles. The van der Waals surface area contributed by atoms with Gasteiger partial charge in [-0.05, 0) is 89.0 Å². The molecule has 0 aliphatic carbocycles. The third-order valence-electron chi connectivity index (χ3n) is 6.51. The van der Waals surface area contributed by atoms with Crippen LogP contribution in [0.5, 0.6) is 0 Å². The zero-order valence-corrected chi connectivity index (χ0v) is 21.0. The van der Waals surface area contributed by atoms with Gasteiger partial charge in [0.1, 0.15) is 0 Å². The topological polar surface area (TPSA) is 29.3 Å². The second-order valence-electron chi connectivity index (χ2n) is 8.81. The molecule has 0 heterocycles. The van der Waals surface area contributed by atoms with Crippen molar-refractivity contribution < 1.29 is 0 Å². The van der Waals surface area contributed by atoms with Gasteiger partial charge in [0, 0.05) is 17.1 Å². The quantitative estimate of drug-likeness (QED) is 0.236. The molecule has 0 aromatic heterocycles. The van der Waals surface area contributed by atoms with Crippen molar-refractivity contribution in [3.63, 3.8) is 0 Å². The van der Waals surface area contributed by atoms with Crippen LogP contribution in [0.4, 0.5) is 17.1 Å². The van der Waals surface area contributed by atoms with Crippen LogP contribution in [-0.4, -0.2) is 0 Å². The highest BCUT2D eigenvalue weighted by molar-refractivity contribution is 5.81. The lowest BCUT2D eigenvalue weighted by atomic mass is 10.0. The van der Waals surface area contributed by atoms with E-state index in [1.54, 1.807) is 6.20 Å². The summed E-state index contributed by atoms with van der Waals surface area (Å²) < 4.78 is 0. The summed E-state index contributed by atoms with van der Waals surface area (Å²) in [5, 5.41) is 0. The molecule has 0 fully saturated rings. The molecule has 0 aliphatic heterocycles. The maximum atomic E-state index is 5.65. The van der Waals surface area contributed by atoms with Gasteiger partial charge in [0.2, 0.25) is 0 Å². The van der Waals surface area contributed by atoms with Crippen LogP contribution in [0.25, 0.3) is 27.8 Å². The van der Waals surface area contributed by atoms with Gasteiger partial charge >= 0.3 is 0 Å². The van der Waals surface area contributed by atoms with Crippen LogP contribution in [0.3, 0.4) is 0 Å². The minimum atomic E-state index is 1.09. The molecule has 0 radical (unpaired) electrons. The summed E-state index contributed by atoms with van der Waals surface area (Å²) in [7, 11) is 0. The first-order valence-corrected chi connectivity index (χ1v) is 12.5.